The monoisotopic (exact) mass is 375 g/mol. The van der Waals surface area contributed by atoms with E-state index in [-0.39, 0.29) is 11.7 Å². The van der Waals surface area contributed by atoms with Crippen LogP contribution in [0.5, 0.6) is 0 Å². The summed E-state index contributed by atoms with van der Waals surface area (Å²) in [7, 11) is 1.87. The molecule has 140 valence electrons. The molecule has 1 aliphatic rings. The number of carbonyl (C=O) groups is 1. The molecule has 3 rings (SSSR count). The van der Waals surface area contributed by atoms with Gasteiger partial charge in [0.25, 0.3) is 0 Å². The molecule has 1 aliphatic heterocycles. The zero-order valence-electron chi connectivity index (χ0n) is 15.5. The highest BCUT2D eigenvalue weighted by Gasteiger charge is 2.18. The average molecular weight is 376 g/mol. The van der Waals surface area contributed by atoms with Crippen molar-refractivity contribution in [3.05, 3.63) is 40.0 Å². The lowest BCUT2D eigenvalue weighted by Crippen LogP contribution is -2.39. The summed E-state index contributed by atoms with van der Waals surface area (Å²) in [5, 5.41) is 0.920. The molecule has 2 aromatic rings. The van der Waals surface area contributed by atoms with Gasteiger partial charge >= 0.3 is 0 Å². The Morgan fingerprint density at radius 1 is 1.23 bits per heavy atom. The number of hydrogen-bond donors (Lipinski definition) is 0. The minimum atomic E-state index is -0.268. The van der Waals surface area contributed by atoms with Crippen molar-refractivity contribution in [1.29, 1.82) is 0 Å². The zero-order chi connectivity index (χ0) is 18.5. The minimum Gasteiger partial charge on any atom is -0.344 e. The Bertz CT molecular complexity index is 738. The number of nitrogens with zero attached hydrogens (tertiary/aromatic N) is 3. The number of piperidine rings is 1. The van der Waals surface area contributed by atoms with Crippen LogP contribution in [0.25, 0.3) is 11.3 Å². The molecule has 0 N–H and O–H groups in total. The van der Waals surface area contributed by atoms with Crippen molar-refractivity contribution in [3.8, 4) is 11.3 Å². The second-order valence-corrected chi connectivity index (χ2v) is 8.19. The molecular weight excluding hydrogens is 349 g/mol. The second-order valence-electron chi connectivity index (χ2n) is 6.91. The highest BCUT2D eigenvalue weighted by molar-refractivity contribution is 7.12. The smallest absolute Gasteiger partial charge is 0.227 e. The molecule has 1 aromatic heterocycles. The largest absolute Gasteiger partial charge is 0.344 e. The van der Waals surface area contributed by atoms with Gasteiger partial charge in [0.1, 0.15) is 5.82 Å². The number of amides is 1. The van der Waals surface area contributed by atoms with Crippen molar-refractivity contribution in [2.75, 3.05) is 33.2 Å². The quantitative estimate of drug-likeness (QED) is 0.772. The van der Waals surface area contributed by atoms with E-state index in [0.29, 0.717) is 6.42 Å². The number of hydrogen-bond acceptors (Lipinski definition) is 4. The van der Waals surface area contributed by atoms with Crippen LogP contribution in [-0.4, -0.2) is 53.9 Å². The van der Waals surface area contributed by atoms with Crippen LogP contribution in [0.15, 0.2) is 24.3 Å². The summed E-state index contributed by atoms with van der Waals surface area (Å²) in [6.07, 6.45) is 4.19. The fourth-order valence-corrected chi connectivity index (χ4v) is 4.24. The van der Waals surface area contributed by atoms with Crippen LogP contribution in [0.4, 0.5) is 4.39 Å². The summed E-state index contributed by atoms with van der Waals surface area (Å²) in [5.41, 5.74) is 1.65. The van der Waals surface area contributed by atoms with Gasteiger partial charge in [-0.1, -0.05) is 6.42 Å². The van der Waals surface area contributed by atoms with Gasteiger partial charge in [-0.15, -0.1) is 11.3 Å². The van der Waals surface area contributed by atoms with Gasteiger partial charge in [0.2, 0.25) is 5.91 Å². The molecule has 6 heteroatoms. The normalized spacial score (nSPS) is 15.2. The van der Waals surface area contributed by atoms with E-state index >= 15 is 0 Å². The van der Waals surface area contributed by atoms with Crippen molar-refractivity contribution >= 4 is 17.2 Å². The van der Waals surface area contributed by atoms with Gasteiger partial charge in [0.05, 0.1) is 17.1 Å². The van der Waals surface area contributed by atoms with Crippen molar-refractivity contribution < 1.29 is 9.18 Å². The maximum absolute atomic E-state index is 13.2. The molecule has 0 bridgehead atoms. The SMILES string of the molecule is Cc1nc(-c2ccc(F)cc2)c(CC(=O)N(C)CCN2CCCCC2)s1. The third-order valence-electron chi connectivity index (χ3n) is 4.86. The molecule has 0 saturated carbocycles. The van der Waals surface area contributed by atoms with Crippen LogP contribution < -0.4 is 0 Å². The molecule has 0 unspecified atom stereocenters. The van der Waals surface area contributed by atoms with Crippen LogP contribution in [0.1, 0.15) is 29.1 Å². The second kappa shape index (κ2) is 8.73. The highest BCUT2D eigenvalue weighted by Crippen LogP contribution is 2.29. The van der Waals surface area contributed by atoms with E-state index in [1.165, 1.54) is 31.4 Å². The van der Waals surface area contributed by atoms with Gasteiger partial charge in [0, 0.05) is 30.6 Å². The van der Waals surface area contributed by atoms with Gasteiger partial charge in [0.15, 0.2) is 0 Å². The number of likely N-dealkylation sites (N-methyl/N-ethyl adjacent to an activating group) is 1. The molecule has 0 aliphatic carbocycles. The molecule has 0 atom stereocenters. The first-order chi connectivity index (χ1) is 12.5. The number of likely N-dealkylation sites (tertiary alicyclic amines) is 1. The Labute approximate surface area is 158 Å². The van der Waals surface area contributed by atoms with Gasteiger partial charge in [-0.25, -0.2) is 9.37 Å². The van der Waals surface area contributed by atoms with Gasteiger partial charge in [-0.3, -0.25) is 4.79 Å². The van der Waals surface area contributed by atoms with Crippen LogP contribution in [0.2, 0.25) is 0 Å². The summed E-state index contributed by atoms with van der Waals surface area (Å²) in [4.78, 5) is 22.4. The Kier molecular flexibility index (Phi) is 6.38. The first kappa shape index (κ1) is 19.0. The third kappa shape index (κ3) is 4.89. The lowest BCUT2D eigenvalue weighted by molar-refractivity contribution is -0.129. The summed E-state index contributed by atoms with van der Waals surface area (Å²) >= 11 is 1.54. The van der Waals surface area contributed by atoms with Crippen LogP contribution in [0.3, 0.4) is 0 Å². The molecule has 1 saturated heterocycles. The van der Waals surface area contributed by atoms with Crippen molar-refractivity contribution in [1.82, 2.24) is 14.8 Å². The minimum absolute atomic E-state index is 0.106. The number of halogens is 1. The number of carbonyl (C=O) groups excluding carboxylic acids is 1. The fraction of sp³-hybridized carbons (Fsp3) is 0.500. The fourth-order valence-electron chi connectivity index (χ4n) is 3.29. The van der Waals surface area contributed by atoms with E-state index in [1.807, 2.05) is 18.9 Å². The topological polar surface area (TPSA) is 36.4 Å². The predicted octanol–water partition coefficient (Wildman–Crippen LogP) is 3.74. The Balaban J connectivity index is 1.62. The van der Waals surface area contributed by atoms with Crippen LogP contribution in [-0.2, 0) is 11.2 Å². The summed E-state index contributed by atoms with van der Waals surface area (Å²) in [5.74, 6) is -0.162. The molecule has 0 spiro atoms. The van der Waals surface area contributed by atoms with Gasteiger partial charge in [-0.2, -0.15) is 0 Å². The number of aromatic nitrogens is 1. The average Bonchev–Trinajstić information content (AvgIpc) is 3.01. The Hall–Kier alpha value is -1.79. The standard InChI is InChI=1S/C20H26FN3OS/c1-15-22-20(16-6-8-17(21)9-7-16)18(26-15)14-19(25)23(2)12-13-24-10-4-3-5-11-24/h6-9H,3-5,10-14H2,1-2H3. The van der Waals surface area contributed by atoms with Crippen LogP contribution in [0, 0.1) is 12.7 Å². The molecule has 4 nitrogen and oxygen atoms in total. The van der Waals surface area contributed by atoms with E-state index in [2.05, 4.69) is 9.88 Å². The predicted molar refractivity (Wildman–Crippen MR) is 104 cm³/mol. The highest BCUT2D eigenvalue weighted by atomic mass is 32.1. The van der Waals surface area contributed by atoms with Gasteiger partial charge in [-0.05, 0) is 57.1 Å². The number of aryl methyl sites for hydroxylation is 1. The molecule has 1 aromatic carbocycles. The van der Waals surface area contributed by atoms with E-state index in [9.17, 15) is 9.18 Å². The van der Waals surface area contributed by atoms with Crippen molar-refractivity contribution in [3.63, 3.8) is 0 Å². The third-order valence-corrected chi connectivity index (χ3v) is 5.83. The van der Waals surface area contributed by atoms with E-state index in [4.69, 9.17) is 0 Å². The molecule has 2 heterocycles. The summed E-state index contributed by atoms with van der Waals surface area (Å²) < 4.78 is 13.2. The van der Waals surface area contributed by atoms with Gasteiger partial charge < -0.3 is 9.80 Å². The maximum atomic E-state index is 13.2. The lowest BCUT2D eigenvalue weighted by atomic mass is 10.1. The number of benzene rings is 1. The van der Waals surface area contributed by atoms with Crippen LogP contribution >= 0.6 is 11.3 Å². The molecule has 0 radical (unpaired) electrons. The summed E-state index contributed by atoms with van der Waals surface area (Å²) in [6.45, 7) is 5.92. The molecule has 26 heavy (non-hydrogen) atoms. The first-order valence-corrected chi connectivity index (χ1v) is 10.0. The number of thiazole rings is 1. The maximum Gasteiger partial charge on any atom is 0.227 e. The van der Waals surface area contributed by atoms with E-state index in [0.717, 1.165) is 47.3 Å². The zero-order valence-corrected chi connectivity index (χ0v) is 16.3. The first-order valence-electron chi connectivity index (χ1n) is 9.21. The van der Waals surface area contributed by atoms with E-state index in [1.54, 1.807) is 23.5 Å². The van der Waals surface area contributed by atoms with Crippen molar-refractivity contribution in [2.24, 2.45) is 0 Å². The van der Waals surface area contributed by atoms with Crippen molar-refractivity contribution in [2.45, 2.75) is 32.6 Å². The Morgan fingerprint density at radius 2 is 1.92 bits per heavy atom. The number of rotatable bonds is 6. The molecular formula is C20H26FN3OS. The molecule has 1 amide bonds. The summed E-state index contributed by atoms with van der Waals surface area (Å²) in [6, 6.07) is 6.30. The Morgan fingerprint density at radius 3 is 2.62 bits per heavy atom. The lowest BCUT2D eigenvalue weighted by Gasteiger charge is -2.28. The van der Waals surface area contributed by atoms with E-state index < -0.39 is 0 Å². The molecule has 1 fully saturated rings.